The van der Waals surface area contributed by atoms with Crippen molar-refractivity contribution in [3.05, 3.63) is 35.9 Å². The maximum Gasteiger partial charge on any atom is 0.260 e. The van der Waals surface area contributed by atoms with E-state index in [1.165, 1.54) is 43.6 Å². The van der Waals surface area contributed by atoms with Gasteiger partial charge in [0.05, 0.1) is 30.9 Å². The number of amides is 1. The van der Waals surface area contributed by atoms with E-state index in [1.54, 1.807) is 24.3 Å². The predicted octanol–water partition coefficient (Wildman–Crippen LogP) is 3.36. The third-order valence-electron chi connectivity index (χ3n) is 4.93. The van der Waals surface area contributed by atoms with E-state index in [1.807, 2.05) is 19.0 Å². The van der Waals surface area contributed by atoms with Gasteiger partial charge in [-0.25, -0.2) is 13.4 Å². The van der Waals surface area contributed by atoms with Crippen molar-refractivity contribution in [3.8, 4) is 17.2 Å². The zero-order valence-electron chi connectivity index (χ0n) is 19.8. The van der Waals surface area contributed by atoms with Crippen molar-refractivity contribution in [2.45, 2.75) is 4.90 Å². The summed E-state index contributed by atoms with van der Waals surface area (Å²) in [6, 6.07) is 8.15. The molecule has 0 radical (unpaired) electrons. The van der Waals surface area contributed by atoms with Crippen LogP contribution in [0.5, 0.6) is 17.2 Å². The summed E-state index contributed by atoms with van der Waals surface area (Å²) in [5.74, 6) is 0.776. The summed E-state index contributed by atoms with van der Waals surface area (Å²) in [4.78, 5) is 21.8. The number of rotatable bonds is 9. The number of carbonyl (C=O) groups is 1. The van der Waals surface area contributed by atoms with E-state index in [4.69, 9.17) is 14.2 Å². The van der Waals surface area contributed by atoms with Gasteiger partial charge in [0.15, 0.2) is 26.5 Å². The zero-order chi connectivity index (χ0) is 24.3. The number of likely N-dealkylation sites (N-methyl/N-ethyl adjacent to an activating group) is 1. The van der Waals surface area contributed by atoms with Crippen molar-refractivity contribution in [1.82, 2.24) is 9.88 Å². The molecule has 0 atom stereocenters. The first kappa shape index (κ1) is 27.6. The van der Waals surface area contributed by atoms with Crippen molar-refractivity contribution >= 4 is 54.8 Å². The number of methoxy groups -OCH3 is 3. The van der Waals surface area contributed by atoms with Crippen molar-refractivity contribution < 1.29 is 27.4 Å². The smallest absolute Gasteiger partial charge is 0.260 e. The summed E-state index contributed by atoms with van der Waals surface area (Å²) in [5.41, 5.74) is 0.679. The van der Waals surface area contributed by atoms with Gasteiger partial charge in [0.1, 0.15) is 5.52 Å². The summed E-state index contributed by atoms with van der Waals surface area (Å²) in [7, 11) is 4.79. The molecule has 0 spiro atoms. The van der Waals surface area contributed by atoms with E-state index < -0.39 is 9.84 Å². The number of nitrogens with zero attached hydrogens (tertiary/aromatic N) is 3. The molecule has 0 saturated carbocycles. The molecule has 9 nitrogen and oxygen atoms in total. The van der Waals surface area contributed by atoms with Crippen LogP contribution in [0.25, 0.3) is 10.2 Å². The molecule has 1 heterocycles. The molecule has 0 fully saturated rings. The second-order valence-corrected chi connectivity index (χ2v) is 10.5. The van der Waals surface area contributed by atoms with E-state index in [9.17, 15) is 13.2 Å². The predicted molar refractivity (Wildman–Crippen MR) is 136 cm³/mol. The van der Waals surface area contributed by atoms with Gasteiger partial charge < -0.3 is 19.1 Å². The Hall–Kier alpha value is -2.60. The summed E-state index contributed by atoms with van der Waals surface area (Å²) < 4.78 is 41.3. The van der Waals surface area contributed by atoms with Gasteiger partial charge in [-0.3, -0.25) is 9.69 Å². The van der Waals surface area contributed by atoms with Gasteiger partial charge in [-0.2, -0.15) is 0 Å². The minimum atomic E-state index is -3.48. The number of anilines is 1. The zero-order valence-corrected chi connectivity index (χ0v) is 22.3. The van der Waals surface area contributed by atoms with Crippen molar-refractivity contribution in [1.29, 1.82) is 0 Å². The lowest BCUT2D eigenvalue weighted by Crippen LogP contribution is -2.36. The lowest BCUT2D eigenvalue weighted by atomic mass is 10.1. The van der Waals surface area contributed by atoms with Crippen molar-refractivity contribution in [2.75, 3.05) is 59.7 Å². The van der Waals surface area contributed by atoms with Crippen LogP contribution in [0.15, 0.2) is 35.2 Å². The van der Waals surface area contributed by atoms with Gasteiger partial charge in [0.2, 0.25) is 5.75 Å². The van der Waals surface area contributed by atoms with Crippen LogP contribution in [-0.2, 0) is 9.84 Å². The van der Waals surface area contributed by atoms with Gasteiger partial charge in [0.25, 0.3) is 5.91 Å². The highest BCUT2D eigenvalue weighted by molar-refractivity contribution is 7.91. The summed E-state index contributed by atoms with van der Waals surface area (Å²) in [5, 5.41) is 0.404. The number of aromatic nitrogens is 1. The lowest BCUT2D eigenvalue weighted by Gasteiger charge is -2.23. The molecule has 3 aromatic rings. The number of carbonyl (C=O) groups excluding carboxylic acids is 1. The Morgan fingerprint density at radius 1 is 1.03 bits per heavy atom. The molecule has 12 heteroatoms. The van der Waals surface area contributed by atoms with Crippen LogP contribution in [-0.4, -0.2) is 79.0 Å². The SMILES string of the molecule is COc1cc(C(=O)N(CCN(C)C)c2nc3c(S(C)(=O)=O)cccc3s2)cc(OC)c1OC.Cl. The number of benzene rings is 2. The average Bonchev–Trinajstić information content (AvgIpc) is 3.20. The minimum absolute atomic E-state index is 0. The molecule has 0 saturated heterocycles. The Labute approximate surface area is 209 Å². The Morgan fingerprint density at radius 3 is 2.15 bits per heavy atom. The molecule has 0 bridgehead atoms. The van der Waals surface area contributed by atoms with Gasteiger partial charge in [-0.1, -0.05) is 17.4 Å². The maximum atomic E-state index is 13.7. The van der Waals surface area contributed by atoms with Crippen molar-refractivity contribution in [2.24, 2.45) is 0 Å². The van der Waals surface area contributed by atoms with Crippen LogP contribution < -0.4 is 19.1 Å². The summed E-state index contributed by atoms with van der Waals surface area (Å²) in [6.07, 6.45) is 1.14. The highest BCUT2D eigenvalue weighted by Crippen LogP contribution is 2.39. The van der Waals surface area contributed by atoms with Crippen LogP contribution >= 0.6 is 23.7 Å². The third kappa shape index (κ3) is 5.72. The number of sulfone groups is 1. The quantitative estimate of drug-likeness (QED) is 0.416. The summed E-state index contributed by atoms with van der Waals surface area (Å²) in [6.45, 7) is 0.918. The number of hydrogen-bond donors (Lipinski definition) is 0. The Kier molecular flexibility index (Phi) is 9.12. The lowest BCUT2D eigenvalue weighted by molar-refractivity contribution is 0.0984. The van der Waals surface area contributed by atoms with Crippen LogP contribution in [0, 0.1) is 0 Å². The molecular formula is C22H28ClN3O6S2. The molecule has 1 amide bonds. The van der Waals surface area contributed by atoms with Crippen LogP contribution in [0.1, 0.15) is 10.4 Å². The molecule has 3 rings (SSSR count). The van der Waals surface area contributed by atoms with E-state index in [2.05, 4.69) is 4.98 Å². The van der Waals surface area contributed by atoms with E-state index in [-0.39, 0.29) is 23.2 Å². The van der Waals surface area contributed by atoms with Gasteiger partial charge >= 0.3 is 0 Å². The highest BCUT2D eigenvalue weighted by atomic mass is 35.5. The Morgan fingerprint density at radius 2 is 1.65 bits per heavy atom. The standard InChI is InChI=1S/C22H27N3O6S2.ClH/c1-24(2)10-11-25(21(26)14-12-15(29-3)20(31-5)16(13-14)30-4)22-23-19-17(32-22)8-7-9-18(19)33(6,27)28;/h7-9,12-13H,10-11H2,1-6H3;1H. The monoisotopic (exact) mass is 529 g/mol. The molecule has 2 aromatic carbocycles. The van der Waals surface area contributed by atoms with E-state index in [0.29, 0.717) is 51.2 Å². The molecule has 0 aliphatic heterocycles. The molecule has 34 heavy (non-hydrogen) atoms. The molecule has 0 unspecified atom stereocenters. The summed E-state index contributed by atoms with van der Waals surface area (Å²) >= 11 is 1.26. The number of hydrogen-bond acceptors (Lipinski definition) is 9. The third-order valence-corrected chi connectivity index (χ3v) is 7.10. The second kappa shape index (κ2) is 11.2. The first-order chi connectivity index (χ1) is 15.6. The molecule has 0 aliphatic carbocycles. The fourth-order valence-electron chi connectivity index (χ4n) is 3.27. The second-order valence-electron chi connectivity index (χ2n) is 7.55. The average molecular weight is 530 g/mol. The minimum Gasteiger partial charge on any atom is -0.493 e. The number of para-hydroxylation sites is 1. The Bertz CT molecular complexity index is 1250. The van der Waals surface area contributed by atoms with E-state index >= 15 is 0 Å². The number of ether oxygens (including phenoxy) is 3. The van der Waals surface area contributed by atoms with Gasteiger partial charge in [0, 0.05) is 24.9 Å². The molecular weight excluding hydrogens is 502 g/mol. The molecule has 0 N–H and O–H groups in total. The largest absolute Gasteiger partial charge is 0.493 e. The fraction of sp³-hybridized carbons (Fsp3) is 0.364. The highest BCUT2D eigenvalue weighted by Gasteiger charge is 2.26. The topological polar surface area (TPSA) is 98.3 Å². The number of fused-ring (bicyclic) bond motifs is 1. The molecule has 186 valence electrons. The first-order valence-electron chi connectivity index (χ1n) is 9.97. The molecule has 0 aliphatic rings. The van der Waals surface area contributed by atoms with Crippen molar-refractivity contribution in [3.63, 3.8) is 0 Å². The van der Waals surface area contributed by atoms with Crippen LogP contribution in [0.3, 0.4) is 0 Å². The fourth-order valence-corrected chi connectivity index (χ4v) is 5.18. The molecule has 1 aromatic heterocycles. The van der Waals surface area contributed by atoms with E-state index in [0.717, 1.165) is 6.26 Å². The normalized spacial score (nSPS) is 11.3. The number of thiazole rings is 1. The number of halogens is 1. The van der Waals surface area contributed by atoms with Crippen LogP contribution in [0.4, 0.5) is 5.13 Å². The first-order valence-corrected chi connectivity index (χ1v) is 12.7. The van der Waals surface area contributed by atoms with Gasteiger partial charge in [-0.05, 0) is 38.4 Å². The van der Waals surface area contributed by atoms with Crippen LogP contribution in [0.2, 0.25) is 0 Å². The van der Waals surface area contributed by atoms with Gasteiger partial charge in [-0.15, -0.1) is 12.4 Å². The maximum absolute atomic E-state index is 13.7. The Balaban J connectivity index is 0.00000408.